The molecule has 0 amide bonds. The van der Waals surface area contributed by atoms with Gasteiger partial charge in [-0.1, -0.05) is 18.2 Å². The monoisotopic (exact) mass is 395 g/mol. The van der Waals surface area contributed by atoms with Crippen LogP contribution in [0.4, 0.5) is 0 Å². The Morgan fingerprint density at radius 2 is 1.86 bits per heavy atom. The fourth-order valence-electron chi connectivity index (χ4n) is 3.26. The molecular formula is C22H29N5O2. The highest BCUT2D eigenvalue weighted by Gasteiger charge is 2.07. The molecule has 0 aliphatic rings. The van der Waals surface area contributed by atoms with Gasteiger partial charge in [0.15, 0.2) is 17.5 Å². The zero-order chi connectivity index (χ0) is 20.6. The van der Waals surface area contributed by atoms with E-state index in [1.807, 2.05) is 43.3 Å². The van der Waals surface area contributed by atoms with Crippen molar-refractivity contribution in [1.82, 2.24) is 20.2 Å². The molecule has 3 aromatic rings. The number of nitrogens with zero attached hydrogens (tertiary/aromatic N) is 3. The fraction of sp³-hybridized carbons (Fsp3) is 0.364. The molecule has 0 aliphatic carbocycles. The zero-order valence-electron chi connectivity index (χ0n) is 17.5. The lowest BCUT2D eigenvalue weighted by molar-refractivity contribution is 0.354. The van der Waals surface area contributed by atoms with Crippen molar-refractivity contribution in [1.29, 1.82) is 0 Å². The number of benzene rings is 2. The van der Waals surface area contributed by atoms with Gasteiger partial charge in [0.2, 0.25) is 0 Å². The van der Waals surface area contributed by atoms with E-state index in [0.29, 0.717) is 18.0 Å². The number of hydrogen-bond donors (Lipinski definition) is 2. The van der Waals surface area contributed by atoms with Gasteiger partial charge in [-0.3, -0.25) is 0 Å². The second-order valence-corrected chi connectivity index (χ2v) is 6.61. The lowest BCUT2D eigenvalue weighted by Gasteiger charge is -2.13. The van der Waals surface area contributed by atoms with Gasteiger partial charge in [-0.15, -0.1) is 0 Å². The Labute approximate surface area is 171 Å². The van der Waals surface area contributed by atoms with E-state index in [4.69, 9.17) is 14.5 Å². The molecule has 0 spiro atoms. The highest BCUT2D eigenvalue weighted by Crippen LogP contribution is 2.27. The van der Waals surface area contributed by atoms with Crippen molar-refractivity contribution in [2.45, 2.75) is 26.9 Å². The minimum atomic E-state index is 0.544. The average molecular weight is 396 g/mol. The Morgan fingerprint density at radius 1 is 1.07 bits per heavy atom. The number of para-hydroxylation sites is 2. The van der Waals surface area contributed by atoms with E-state index in [1.54, 1.807) is 14.2 Å². The zero-order valence-corrected chi connectivity index (χ0v) is 17.5. The number of hydrogen-bond acceptors (Lipinski definition) is 4. The van der Waals surface area contributed by atoms with E-state index in [2.05, 4.69) is 33.2 Å². The van der Waals surface area contributed by atoms with Crippen molar-refractivity contribution in [3.63, 3.8) is 0 Å². The van der Waals surface area contributed by atoms with Crippen LogP contribution in [0.5, 0.6) is 11.5 Å². The summed E-state index contributed by atoms with van der Waals surface area (Å²) in [5.41, 5.74) is 3.23. The normalized spacial score (nSPS) is 11.5. The summed E-state index contributed by atoms with van der Waals surface area (Å²) in [5, 5.41) is 6.70. The topological polar surface area (TPSA) is 72.7 Å². The van der Waals surface area contributed by atoms with E-state index in [1.165, 1.54) is 0 Å². The maximum absolute atomic E-state index is 5.37. The van der Waals surface area contributed by atoms with E-state index in [0.717, 1.165) is 48.0 Å². The third-order valence-electron chi connectivity index (χ3n) is 4.69. The number of ether oxygens (including phenoxy) is 2. The maximum atomic E-state index is 5.37. The number of fused-ring (bicyclic) bond motifs is 1. The molecule has 2 aromatic carbocycles. The summed E-state index contributed by atoms with van der Waals surface area (Å²) in [5.74, 6) is 3.22. The summed E-state index contributed by atoms with van der Waals surface area (Å²) in [6, 6.07) is 14.1. The van der Waals surface area contributed by atoms with Crippen LogP contribution in [-0.4, -0.2) is 42.8 Å². The van der Waals surface area contributed by atoms with Gasteiger partial charge >= 0.3 is 0 Å². The van der Waals surface area contributed by atoms with Crippen molar-refractivity contribution in [2.24, 2.45) is 4.99 Å². The number of aliphatic imine (C=N–C) groups is 1. The molecule has 0 fully saturated rings. The van der Waals surface area contributed by atoms with Gasteiger partial charge < -0.3 is 24.7 Å². The largest absolute Gasteiger partial charge is 0.493 e. The second-order valence-electron chi connectivity index (χ2n) is 6.61. The lowest BCUT2D eigenvalue weighted by atomic mass is 10.2. The van der Waals surface area contributed by atoms with Crippen molar-refractivity contribution >= 4 is 17.0 Å². The van der Waals surface area contributed by atoms with Gasteiger partial charge in [0, 0.05) is 19.6 Å². The van der Waals surface area contributed by atoms with Gasteiger partial charge in [0.1, 0.15) is 5.82 Å². The third-order valence-corrected chi connectivity index (χ3v) is 4.69. The number of rotatable bonds is 8. The van der Waals surface area contributed by atoms with Gasteiger partial charge in [0.05, 0.1) is 31.8 Å². The van der Waals surface area contributed by atoms with Crippen molar-refractivity contribution < 1.29 is 9.47 Å². The highest BCUT2D eigenvalue weighted by molar-refractivity contribution is 5.80. The molecule has 0 unspecified atom stereocenters. The fourth-order valence-corrected chi connectivity index (χ4v) is 3.26. The number of guanidine groups is 1. The highest BCUT2D eigenvalue weighted by atomic mass is 16.5. The van der Waals surface area contributed by atoms with Crippen LogP contribution in [0.15, 0.2) is 47.5 Å². The van der Waals surface area contributed by atoms with Crippen LogP contribution in [0.25, 0.3) is 11.0 Å². The predicted molar refractivity (Wildman–Crippen MR) is 117 cm³/mol. The summed E-state index contributed by atoms with van der Waals surface area (Å²) in [4.78, 5) is 9.31. The smallest absolute Gasteiger partial charge is 0.191 e. The Hall–Kier alpha value is -3.22. The third kappa shape index (κ3) is 4.99. The second kappa shape index (κ2) is 9.82. The number of aryl methyl sites for hydroxylation is 1. The molecule has 0 aliphatic heterocycles. The first kappa shape index (κ1) is 20.5. The molecule has 1 aromatic heterocycles. The van der Waals surface area contributed by atoms with Crippen LogP contribution in [-0.2, 0) is 13.1 Å². The van der Waals surface area contributed by atoms with E-state index >= 15 is 0 Å². The summed E-state index contributed by atoms with van der Waals surface area (Å²) in [6.45, 7) is 7.00. The Kier molecular flexibility index (Phi) is 6.94. The first-order valence-electron chi connectivity index (χ1n) is 9.81. The van der Waals surface area contributed by atoms with Crippen LogP contribution in [0, 0.1) is 6.92 Å². The molecule has 0 radical (unpaired) electrons. The van der Waals surface area contributed by atoms with Gasteiger partial charge in [-0.2, -0.15) is 0 Å². The predicted octanol–water partition coefficient (Wildman–Crippen LogP) is 3.12. The minimum Gasteiger partial charge on any atom is -0.493 e. The van der Waals surface area contributed by atoms with Crippen LogP contribution in [0.3, 0.4) is 0 Å². The Balaban J connectivity index is 1.64. The van der Waals surface area contributed by atoms with Gasteiger partial charge in [-0.25, -0.2) is 9.98 Å². The van der Waals surface area contributed by atoms with Crippen molar-refractivity contribution in [3.05, 3.63) is 53.9 Å². The SMILES string of the molecule is CCNC(=NCc1ccc(OC)c(OC)c1)NCCn1c(C)nc2ccccc21. The van der Waals surface area contributed by atoms with E-state index in [9.17, 15) is 0 Å². The summed E-state index contributed by atoms with van der Waals surface area (Å²) in [6.07, 6.45) is 0. The molecule has 0 atom stereocenters. The van der Waals surface area contributed by atoms with Crippen molar-refractivity contribution in [2.75, 3.05) is 27.3 Å². The number of aromatic nitrogens is 2. The quantitative estimate of drug-likeness (QED) is 0.453. The van der Waals surface area contributed by atoms with Crippen molar-refractivity contribution in [3.8, 4) is 11.5 Å². The first-order chi connectivity index (χ1) is 14.2. The summed E-state index contributed by atoms with van der Waals surface area (Å²) >= 11 is 0. The Morgan fingerprint density at radius 3 is 2.62 bits per heavy atom. The first-order valence-corrected chi connectivity index (χ1v) is 9.81. The lowest BCUT2D eigenvalue weighted by Crippen LogP contribution is -2.38. The van der Waals surface area contributed by atoms with Crippen LogP contribution < -0.4 is 20.1 Å². The maximum Gasteiger partial charge on any atom is 0.191 e. The number of imidazole rings is 1. The summed E-state index contributed by atoms with van der Waals surface area (Å²) in [7, 11) is 3.27. The van der Waals surface area contributed by atoms with Crippen LogP contribution in [0.1, 0.15) is 18.3 Å². The average Bonchev–Trinajstić information content (AvgIpc) is 3.07. The molecule has 3 rings (SSSR count). The molecule has 29 heavy (non-hydrogen) atoms. The molecule has 0 saturated heterocycles. The number of methoxy groups -OCH3 is 2. The molecule has 7 nitrogen and oxygen atoms in total. The molecule has 2 N–H and O–H groups in total. The van der Waals surface area contributed by atoms with Gasteiger partial charge in [-0.05, 0) is 43.7 Å². The molecule has 0 bridgehead atoms. The van der Waals surface area contributed by atoms with Gasteiger partial charge in [0.25, 0.3) is 0 Å². The van der Waals surface area contributed by atoms with E-state index < -0.39 is 0 Å². The standard InChI is InChI=1S/C22H29N5O2/c1-5-23-22(25-15-17-10-11-20(28-3)21(14-17)29-4)24-12-13-27-16(2)26-18-8-6-7-9-19(18)27/h6-11,14H,5,12-13,15H2,1-4H3,(H2,23,24,25). The molecule has 0 saturated carbocycles. The Bertz CT molecular complexity index is 980. The minimum absolute atomic E-state index is 0.544. The molecule has 1 heterocycles. The molecule has 154 valence electrons. The van der Waals surface area contributed by atoms with Crippen LogP contribution >= 0.6 is 0 Å². The molecule has 7 heteroatoms. The molecular weight excluding hydrogens is 366 g/mol. The summed E-state index contributed by atoms with van der Waals surface area (Å²) < 4.78 is 12.9. The van der Waals surface area contributed by atoms with Crippen LogP contribution in [0.2, 0.25) is 0 Å². The number of nitrogens with one attached hydrogen (secondary N) is 2. The van der Waals surface area contributed by atoms with E-state index in [-0.39, 0.29) is 0 Å².